The minimum absolute atomic E-state index is 0.0512. The van der Waals surface area contributed by atoms with Crippen molar-refractivity contribution < 1.29 is 19.8 Å². The van der Waals surface area contributed by atoms with Crippen LogP contribution in [0.15, 0.2) is 167 Å². The first kappa shape index (κ1) is 33.5. The maximum absolute atomic E-state index is 13.0. The summed E-state index contributed by atoms with van der Waals surface area (Å²) in [6.07, 6.45) is 2.81. The van der Waals surface area contributed by atoms with Crippen LogP contribution in [0.5, 0.6) is 0 Å². The Hall–Kier alpha value is -6.40. The molecule has 2 atom stereocenters. The highest BCUT2D eigenvalue weighted by Gasteiger charge is 2.25. The van der Waals surface area contributed by atoms with Crippen LogP contribution in [0.25, 0.3) is 33.1 Å². The van der Waals surface area contributed by atoms with Crippen LogP contribution in [0.4, 0.5) is 0 Å². The van der Waals surface area contributed by atoms with Crippen LogP contribution in [0.3, 0.4) is 0 Å². The Balaban J connectivity index is 1.46. The molecule has 246 valence electrons. The van der Waals surface area contributed by atoms with Crippen molar-refractivity contribution >= 4 is 57.1 Å². The largest absolute Gasteiger partial charge is 0.507 e. The monoisotopic (exact) mass is 656 g/mol. The minimum Gasteiger partial charge on any atom is -0.507 e. The van der Waals surface area contributed by atoms with Crippen LogP contribution in [0.2, 0.25) is 0 Å². The summed E-state index contributed by atoms with van der Waals surface area (Å²) in [7, 11) is 0. The summed E-state index contributed by atoms with van der Waals surface area (Å²) >= 11 is 0. The van der Waals surface area contributed by atoms with E-state index in [4.69, 9.17) is 9.98 Å². The second-order valence-electron chi connectivity index (χ2n) is 12.0. The van der Waals surface area contributed by atoms with E-state index < -0.39 is 12.1 Å². The van der Waals surface area contributed by atoms with Crippen LogP contribution >= 0.6 is 0 Å². The fraction of sp³-hybridized carbons (Fsp3) is 0.0909. The minimum atomic E-state index is -0.676. The maximum Gasteiger partial charge on any atom is 0.165 e. The lowest BCUT2D eigenvalue weighted by molar-refractivity contribution is -0.114. The number of nitrogens with zero attached hydrogens (tertiary/aromatic N) is 2. The third-order valence-electron chi connectivity index (χ3n) is 8.62. The number of fused-ring (bicyclic) bond motifs is 2. The smallest absolute Gasteiger partial charge is 0.165 e. The molecular formula is C44H36N2O4. The average Bonchev–Trinajstić information content (AvgIpc) is 3.15. The Morgan fingerprint density at radius 1 is 0.480 bits per heavy atom. The van der Waals surface area contributed by atoms with Crippen molar-refractivity contribution in [1.29, 1.82) is 0 Å². The topological polar surface area (TPSA) is 99.3 Å². The number of rotatable bonds is 11. The van der Waals surface area contributed by atoms with Crippen LogP contribution in [-0.4, -0.2) is 34.2 Å². The van der Waals surface area contributed by atoms with Gasteiger partial charge in [-0.05, 0) is 58.7 Å². The number of ketones is 2. The van der Waals surface area contributed by atoms with Gasteiger partial charge in [0, 0.05) is 23.6 Å². The van der Waals surface area contributed by atoms with E-state index in [1.165, 1.54) is 26.3 Å². The van der Waals surface area contributed by atoms with Gasteiger partial charge >= 0.3 is 0 Å². The van der Waals surface area contributed by atoms with Crippen molar-refractivity contribution in [2.75, 3.05) is 0 Å². The Bertz CT molecular complexity index is 2140. The summed E-state index contributed by atoms with van der Waals surface area (Å²) < 4.78 is 0. The number of benzene rings is 6. The molecule has 50 heavy (non-hydrogen) atoms. The molecule has 0 aliphatic heterocycles. The molecule has 6 aromatic carbocycles. The number of hydrogen-bond acceptors (Lipinski definition) is 6. The number of carbonyl (C=O) groups is 2. The molecule has 6 nitrogen and oxygen atoms in total. The first-order valence-electron chi connectivity index (χ1n) is 16.3. The van der Waals surface area contributed by atoms with Crippen molar-refractivity contribution in [2.24, 2.45) is 9.98 Å². The number of aliphatic imine (C=N–C) groups is 2. The number of allylic oxidation sites excluding steroid dienone is 2. The highest BCUT2D eigenvalue weighted by molar-refractivity contribution is 6.18. The third kappa shape index (κ3) is 7.50. The Kier molecular flexibility index (Phi) is 10.2. The molecule has 0 radical (unpaired) electrons. The number of hydrogen-bond donors (Lipinski definition) is 2. The van der Waals surface area contributed by atoms with Gasteiger partial charge in [0.05, 0.1) is 11.1 Å². The summed E-state index contributed by atoms with van der Waals surface area (Å²) in [6.45, 7) is 2.78. The summed E-state index contributed by atoms with van der Waals surface area (Å²) in [5.41, 5.74) is 2.69. The second kappa shape index (κ2) is 15.2. The molecule has 0 spiro atoms. The second-order valence-corrected chi connectivity index (χ2v) is 12.0. The van der Waals surface area contributed by atoms with E-state index in [0.717, 1.165) is 32.7 Å². The molecule has 0 saturated heterocycles. The Morgan fingerprint density at radius 3 is 1.18 bits per heavy atom. The van der Waals surface area contributed by atoms with Gasteiger partial charge in [0.25, 0.3) is 0 Å². The van der Waals surface area contributed by atoms with Crippen molar-refractivity contribution in [2.45, 2.75) is 25.9 Å². The quantitative estimate of drug-likeness (QED) is 0.0824. The molecule has 6 heteroatoms. The highest BCUT2D eigenvalue weighted by Crippen LogP contribution is 2.36. The Morgan fingerprint density at radius 2 is 0.820 bits per heavy atom. The van der Waals surface area contributed by atoms with E-state index in [1.54, 1.807) is 12.1 Å². The molecule has 0 fully saturated rings. The molecule has 0 heterocycles. The predicted octanol–water partition coefficient (Wildman–Crippen LogP) is 10.0. The molecule has 0 saturated carbocycles. The number of Topliss-reactive ketones (excluding diaryl/α,β-unsaturated/α-hetero) is 2. The summed E-state index contributed by atoms with van der Waals surface area (Å²) in [5.74, 6) is -1.07. The van der Waals surface area contributed by atoms with Gasteiger partial charge in [0.2, 0.25) is 0 Å². The van der Waals surface area contributed by atoms with Gasteiger partial charge in [0.1, 0.15) is 23.6 Å². The maximum atomic E-state index is 13.0. The first-order chi connectivity index (χ1) is 24.3. The first-order valence-corrected chi connectivity index (χ1v) is 16.3. The van der Waals surface area contributed by atoms with Gasteiger partial charge in [-0.3, -0.25) is 19.6 Å². The molecular weight excluding hydrogens is 620 g/mol. The number of carbonyl (C=O) groups excluding carboxylic acids is 2. The van der Waals surface area contributed by atoms with Crippen molar-refractivity contribution in [3.05, 3.63) is 179 Å². The van der Waals surface area contributed by atoms with Gasteiger partial charge in [-0.2, -0.15) is 0 Å². The number of aliphatic hydroxyl groups excluding tert-OH is 2. The van der Waals surface area contributed by atoms with Crippen molar-refractivity contribution in [3.8, 4) is 0 Å². The fourth-order valence-corrected chi connectivity index (χ4v) is 5.93. The van der Waals surface area contributed by atoms with Gasteiger partial charge in [-0.25, -0.2) is 0 Å². The van der Waals surface area contributed by atoms with E-state index in [1.807, 2.05) is 133 Å². The van der Waals surface area contributed by atoms with Gasteiger partial charge in [-0.1, -0.05) is 133 Å². The van der Waals surface area contributed by atoms with Crippen LogP contribution < -0.4 is 0 Å². The average molecular weight is 657 g/mol. The van der Waals surface area contributed by atoms with E-state index >= 15 is 0 Å². The van der Waals surface area contributed by atoms with E-state index in [0.29, 0.717) is 11.1 Å². The zero-order chi connectivity index (χ0) is 35.0. The van der Waals surface area contributed by atoms with Crippen LogP contribution in [-0.2, 0) is 9.59 Å². The normalized spacial score (nSPS) is 14.0. The Labute approximate surface area is 291 Å². The highest BCUT2D eigenvalue weighted by atomic mass is 16.3. The summed E-state index contributed by atoms with van der Waals surface area (Å²) in [4.78, 5) is 35.8. The van der Waals surface area contributed by atoms with Gasteiger partial charge in [-0.15, -0.1) is 0 Å². The third-order valence-corrected chi connectivity index (χ3v) is 8.62. The fourth-order valence-electron chi connectivity index (χ4n) is 5.93. The molecule has 0 aliphatic rings. The molecule has 0 aliphatic carbocycles. The molecule has 0 unspecified atom stereocenters. The van der Waals surface area contributed by atoms with Crippen molar-refractivity contribution in [3.63, 3.8) is 0 Å². The lowest BCUT2D eigenvalue weighted by atomic mass is 9.93. The molecule has 2 N–H and O–H groups in total. The van der Waals surface area contributed by atoms with Crippen molar-refractivity contribution in [1.82, 2.24) is 0 Å². The summed E-state index contributed by atoms with van der Waals surface area (Å²) in [6, 6.07) is 44.3. The van der Waals surface area contributed by atoms with Gasteiger partial charge < -0.3 is 10.2 Å². The standard InChI is InChI=1S/C44H36N2O4/c1-29(47)39(43(49)37-23-21-31-13-9-11-19-35(31)25-37)27-45-41(33-15-5-3-6-16-33)42(34-17-7-4-8-18-34)46-28-40(30(2)48)44(50)38-24-22-32-14-10-12-20-36(32)26-38/h3-28,41-42,49-50H,1-2H3/t41-,42-/m0/s1. The summed E-state index contributed by atoms with van der Waals surface area (Å²) in [5, 5.41) is 26.7. The molecule has 0 bridgehead atoms. The number of aliphatic hydroxyl groups is 2. The molecule has 0 aromatic heterocycles. The zero-order valence-electron chi connectivity index (χ0n) is 27.8. The molecule has 0 amide bonds. The SMILES string of the molecule is CC(=O)C(C=N[C@@H](c1ccccc1)[C@@H](N=CC(C(C)=O)=C(O)c1ccc2ccccc2c1)c1ccccc1)=C(O)c1ccc2ccccc2c1. The lowest BCUT2D eigenvalue weighted by Crippen LogP contribution is -2.12. The van der Waals surface area contributed by atoms with E-state index in [-0.39, 0.29) is 34.2 Å². The van der Waals surface area contributed by atoms with Crippen LogP contribution in [0, 0.1) is 0 Å². The zero-order valence-corrected chi connectivity index (χ0v) is 27.8. The van der Waals surface area contributed by atoms with E-state index in [9.17, 15) is 19.8 Å². The molecule has 6 rings (SSSR count). The lowest BCUT2D eigenvalue weighted by Gasteiger charge is -2.22. The van der Waals surface area contributed by atoms with E-state index in [2.05, 4.69) is 0 Å². The van der Waals surface area contributed by atoms with Crippen LogP contribution in [0.1, 0.15) is 48.2 Å². The molecule has 6 aromatic rings. The predicted molar refractivity (Wildman–Crippen MR) is 204 cm³/mol. The van der Waals surface area contributed by atoms with Gasteiger partial charge in [0.15, 0.2) is 11.6 Å².